The van der Waals surface area contributed by atoms with Gasteiger partial charge in [-0.25, -0.2) is 13.4 Å². The van der Waals surface area contributed by atoms with Crippen LogP contribution in [0.2, 0.25) is 0 Å². The third-order valence-corrected chi connectivity index (χ3v) is 12.7. The first-order chi connectivity index (χ1) is 26.0. The molecule has 55 heavy (non-hydrogen) atoms. The van der Waals surface area contributed by atoms with Crippen LogP contribution < -0.4 is 10.1 Å². The summed E-state index contributed by atoms with van der Waals surface area (Å²) in [6, 6.07) is 11.5. The van der Waals surface area contributed by atoms with Crippen LogP contribution in [0.3, 0.4) is 0 Å². The van der Waals surface area contributed by atoms with Gasteiger partial charge in [0.1, 0.15) is 10.6 Å². The molecule has 1 N–H and O–H groups in total. The second-order valence-corrected chi connectivity index (χ2v) is 16.9. The van der Waals surface area contributed by atoms with Gasteiger partial charge in [0.05, 0.1) is 34.7 Å². The molecule has 8 nitrogen and oxygen atoms in total. The zero-order valence-corrected chi connectivity index (χ0v) is 31.6. The molecule has 0 spiro atoms. The average Bonchev–Trinajstić information content (AvgIpc) is 3.16. The van der Waals surface area contributed by atoms with E-state index in [1.165, 1.54) is 82.0 Å². The highest BCUT2D eigenvalue weighted by atomic mass is 32.2. The molecular weight excluding hydrogens is 747 g/mol. The molecule has 2 aliphatic heterocycles. The molecule has 1 amide bonds. The van der Waals surface area contributed by atoms with Crippen molar-refractivity contribution in [3.63, 3.8) is 0 Å². The molecule has 4 aromatic rings. The number of fused-ring (bicyclic) bond motifs is 1. The predicted octanol–water partition coefficient (Wildman–Crippen LogP) is 8.60. The monoisotopic (exact) mass is 790 g/mol. The molecule has 15 heteroatoms. The molecule has 0 bridgehead atoms. The Hall–Kier alpha value is -4.21. The van der Waals surface area contributed by atoms with Crippen LogP contribution in [-0.2, 0) is 22.6 Å². The van der Waals surface area contributed by atoms with Gasteiger partial charge >= 0.3 is 12.4 Å². The number of carbonyl (C=O) groups is 1. The minimum Gasteiger partial charge on any atom is -0.495 e. The van der Waals surface area contributed by atoms with E-state index >= 15 is 0 Å². The molecule has 0 saturated carbocycles. The third-order valence-electron chi connectivity index (χ3n) is 10.6. The topological polar surface area (TPSA) is 91.8 Å². The maximum absolute atomic E-state index is 14.7. The normalized spacial score (nSPS) is 17.4. The van der Waals surface area contributed by atoms with Crippen LogP contribution in [0.1, 0.15) is 79.0 Å². The number of methoxy groups -OCH3 is 1. The molecule has 2 fully saturated rings. The number of nitrogens with one attached hydrogen (secondary N) is 1. The number of halogens is 6. The standard InChI is InChI=1S/C40H44F6N4O4S/c1-25(2)55(52,53)34-22-30-32(23-33(34)54-3)47-36(27-13-10-14-28(21-27)39(41,42)43)31(24-49-19-15-29(16-20-49)50-17-8-5-9-18-50)35(30)38(51)48-37(40(44,45)46)26-11-6-4-7-12-26/h4,6-7,10-14,21-23,25,29,37H,5,8-9,15-20,24H2,1-3H3,(H,48,51)/t37-/m1/s1. The first kappa shape index (κ1) is 40.5. The summed E-state index contributed by atoms with van der Waals surface area (Å²) in [5.41, 5.74) is -1.58. The Balaban J connectivity index is 1.58. The number of nitrogens with zero attached hydrogens (tertiary/aromatic N) is 3. The summed E-state index contributed by atoms with van der Waals surface area (Å²) in [4.78, 5) is 23.6. The Morgan fingerprint density at radius 1 is 0.909 bits per heavy atom. The van der Waals surface area contributed by atoms with Crippen molar-refractivity contribution in [1.29, 1.82) is 0 Å². The van der Waals surface area contributed by atoms with E-state index in [0.717, 1.165) is 50.9 Å². The van der Waals surface area contributed by atoms with Crippen molar-refractivity contribution in [2.45, 2.75) is 87.1 Å². The van der Waals surface area contributed by atoms with E-state index in [2.05, 4.69) is 10.2 Å². The van der Waals surface area contributed by atoms with Crippen LogP contribution in [0.15, 0.2) is 71.6 Å². The van der Waals surface area contributed by atoms with Crippen molar-refractivity contribution in [3.05, 3.63) is 89.0 Å². The van der Waals surface area contributed by atoms with Gasteiger partial charge in [0.15, 0.2) is 15.9 Å². The molecular formula is C40H44F6N4O4S. The molecule has 296 valence electrons. The van der Waals surface area contributed by atoms with Crippen LogP contribution >= 0.6 is 0 Å². The number of hydrogen-bond acceptors (Lipinski definition) is 7. The molecule has 3 aromatic carbocycles. The van der Waals surface area contributed by atoms with Crippen LogP contribution in [-0.4, -0.2) is 79.9 Å². The Morgan fingerprint density at radius 3 is 2.18 bits per heavy atom. The molecule has 0 radical (unpaired) electrons. The van der Waals surface area contributed by atoms with Gasteiger partial charge in [-0.05, 0) is 89.5 Å². The smallest absolute Gasteiger partial charge is 0.416 e. The summed E-state index contributed by atoms with van der Waals surface area (Å²) in [5, 5.41) is 1.13. The molecule has 2 aliphatic rings. The summed E-state index contributed by atoms with van der Waals surface area (Å²) < 4.78 is 119. The zero-order valence-electron chi connectivity index (χ0n) is 30.8. The Morgan fingerprint density at radius 2 is 1.58 bits per heavy atom. The Labute approximate surface area is 316 Å². The fourth-order valence-electron chi connectivity index (χ4n) is 7.59. The van der Waals surface area contributed by atoms with Gasteiger partial charge < -0.3 is 15.0 Å². The van der Waals surface area contributed by atoms with Gasteiger partial charge in [0.25, 0.3) is 5.91 Å². The van der Waals surface area contributed by atoms with Crippen LogP contribution in [0.4, 0.5) is 26.3 Å². The second kappa shape index (κ2) is 16.1. The van der Waals surface area contributed by atoms with Gasteiger partial charge in [-0.15, -0.1) is 0 Å². The maximum Gasteiger partial charge on any atom is 0.416 e. The van der Waals surface area contributed by atoms with Crippen molar-refractivity contribution in [3.8, 4) is 17.0 Å². The van der Waals surface area contributed by atoms with Gasteiger partial charge in [-0.1, -0.05) is 48.9 Å². The summed E-state index contributed by atoms with van der Waals surface area (Å²) in [6.07, 6.45) is -4.72. The number of hydrogen-bond donors (Lipinski definition) is 1. The van der Waals surface area contributed by atoms with Crippen LogP contribution in [0, 0.1) is 0 Å². The summed E-state index contributed by atoms with van der Waals surface area (Å²) >= 11 is 0. The van der Waals surface area contributed by atoms with E-state index in [1.807, 2.05) is 4.90 Å². The van der Waals surface area contributed by atoms with E-state index in [9.17, 15) is 39.6 Å². The highest BCUT2D eigenvalue weighted by Gasteiger charge is 2.43. The molecule has 3 heterocycles. The average molecular weight is 791 g/mol. The van der Waals surface area contributed by atoms with Crippen molar-refractivity contribution in [1.82, 2.24) is 20.1 Å². The molecule has 6 rings (SSSR count). The lowest BCUT2D eigenvalue weighted by molar-refractivity contribution is -0.155. The number of aromatic nitrogens is 1. The maximum atomic E-state index is 14.7. The number of alkyl halides is 6. The zero-order chi connectivity index (χ0) is 39.7. The first-order valence-electron chi connectivity index (χ1n) is 18.3. The quantitative estimate of drug-likeness (QED) is 0.161. The number of amides is 1. The minimum absolute atomic E-state index is 0.0164. The molecule has 1 atom stereocenters. The van der Waals surface area contributed by atoms with Gasteiger partial charge in [0, 0.05) is 35.2 Å². The summed E-state index contributed by atoms with van der Waals surface area (Å²) in [7, 11) is -2.86. The number of likely N-dealkylation sites (tertiary alicyclic amines) is 2. The number of carbonyl (C=O) groups excluding carboxylic acids is 1. The first-order valence-corrected chi connectivity index (χ1v) is 19.9. The Kier molecular flexibility index (Phi) is 11.8. The largest absolute Gasteiger partial charge is 0.495 e. The lowest BCUT2D eigenvalue weighted by Crippen LogP contribution is -2.46. The molecule has 2 saturated heterocycles. The van der Waals surface area contributed by atoms with Gasteiger partial charge in [0.2, 0.25) is 0 Å². The number of rotatable bonds is 10. The van der Waals surface area contributed by atoms with E-state index < -0.39 is 45.0 Å². The lowest BCUT2D eigenvalue weighted by atomic mass is 9.93. The number of sulfone groups is 1. The number of pyridine rings is 1. The number of ether oxygens (including phenoxy) is 1. The highest BCUT2D eigenvalue weighted by Crippen LogP contribution is 2.40. The number of benzene rings is 3. The van der Waals surface area contributed by atoms with Crippen LogP contribution in [0.25, 0.3) is 22.2 Å². The summed E-state index contributed by atoms with van der Waals surface area (Å²) in [6.45, 7) is 5.94. The van der Waals surface area contributed by atoms with E-state index in [1.54, 1.807) is 0 Å². The second-order valence-electron chi connectivity index (χ2n) is 14.5. The molecule has 0 unspecified atom stereocenters. The van der Waals surface area contributed by atoms with Gasteiger partial charge in [-0.2, -0.15) is 26.3 Å². The van der Waals surface area contributed by atoms with E-state index in [4.69, 9.17) is 9.72 Å². The van der Waals surface area contributed by atoms with Gasteiger partial charge in [-0.3, -0.25) is 9.69 Å². The fraction of sp³-hybridized carbons (Fsp3) is 0.450. The van der Waals surface area contributed by atoms with Crippen molar-refractivity contribution < 1.29 is 44.3 Å². The van der Waals surface area contributed by atoms with Crippen molar-refractivity contribution >= 4 is 26.6 Å². The minimum atomic E-state index is -4.95. The fourth-order valence-corrected chi connectivity index (χ4v) is 8.81. The van der Waals surface area contributed by atoms with Crippen molar-refractivity contribution in [2.75, 3.05) is 33.3 Å². The summed E-state index contributed by atoms with van der Waals surface area (Å²) in [5.74, 6) is -1.33. The number of piperidine rings is 2. The van der Waals surface area contributed by atoms with E-state index in [0.29, 0.717) is 19.1 Å². The predicted molar refractivity (Wildman–Crippen MR) is 197 cm³/mol. The Bertz CT molecular complexity index is 2110. The molecule has 0 aliphatic carbocycles. The molecule has 1 aromatic heterocycles. The SMILES string of the molecule is COc1cc2nc(-c3cccc(C(F)(F)F)c3)c(CN3CCC(N4CCCCC4)CC3)c(C(=O)N[C@H](c3ccccc3)C(F)(F)F)c2cc1S(=O)(=O)C(C)C. The van der Waals surface area contributed by atoms with Crippen LogP contribution in [0.5, 0.6) is 5.75 Å². The third kappa shape index (κ3) is 8.78. The lowest BCUT2D eigenvalue weighted by Gasteiger charge is -2.40. The van der Waals surface area contributed by atoms with E-state index in [-0.39, 0.29) is 56.0 Å². The van der Waals surface area contributed by atoms with Crippen molar-refractivity contribution in [2.24, 2.45) is 0 Å². The highest BCUT2D eigenvalue weighted by molar-refractivity contribution is 7.92.